The first-order valence-electron chi connectivity index (χ1n) is 6.11. The van der Waals surface area contributed by atoms with Crippen LogP contribution in [0.1, 0.15) is 28.4 Å². The predicted octanol–water partition coefficient (Wildman–Crippen LogP) is 2.67. The van der Waals surface area contributed by atoms with E-state index >= 15 is 0 Å². The van der Waals surface area contributed by atoms with Crippen LogP contribution < -0.4 is 5.73 Å². The van der Waals surface area contributed by atoms with Crippen molar-refractivity contribution in [1.82, 2.24) is 4.90 Å². The zero-order valence-corrected chi connectivity index (χ0v) is 11.9. The average Bonchev–Trinajstić information content (AvgIpc) is 2.42. The lowest BCUT2D eigenvalue weighted by Gasteiger charge is -2.23. The zero-order chi connectivity index (χ0) is 18.2. The van der Waals surface area contributed by atoms with E-state index in [4.69, 9.17) is 5.73 Å². The second-order valence-corrected chi connectivity index (χ2v) is 4.79. The van der Waals surface area contributed by atoms with Gasteiger partial charge in [-0.2, -0.15) is 26.3 Å². The van der Waals surface area contributed by atoms with Gasteiger partial charge in [-0.25, -0.2) is 0 Å². The molecule has 1 atom stereocenters. The standard InChI is InChI=1S/C13H12F6N2O2/c1-6(10(20)22)21(2)11(23)7-3-8(12(14,15)16)5-9(4-7)13(17,18)19/h3-6H,1-2H3,(H2,20,22)/t6-/m0/s1. The predicted molar refractivity (Wildman–Crippen MR) is 67.2 cm³/mol. The van der Waals surface area contributed by atoms with E-state index in [0.29, 0.717) is 17.0 Å². The fourth-order valence-corrected chi connectivity index (χ4v) is 1.65. The molecule has 2 N–H and O–H groups in total. The number of benzene rings is 1. The monoisotopic (exact) mass is 342 g/mol. The molecule has 0 unspecified atom stereocenters. The number of alkyl halides is 6. The highest BCUT2D eigenvalue weighted by molar-refractivity contribution is 5.97. The van der Waals surface area contributed by atoms with Crippen LogP contribution in [-0.2, 0) is 17.1 Å². The molecule has 1 aromatic rings. The molecule has 1 aromatic carbocycles. The number of carbonyl (C=O) groups excluding carboxylic acids is 2. The second kappa shape index (κ2) is 6.09. The minimum absolute atomic E-state index is 0.0890. The van der Waals surface area contributed by atoms with Gasteiger partial charge in [-0.05, 0) is 25.1 Å². The normalized spacial score (nSPS) is 13.6. The summed E-state index contributed by atoms with van der Waals surface area (Å²) in [5, 5.41) is 0. The number of nitrogens with zero attached hydrogens (tertiary/aromatic N) is 1. The van der Waals surface area contributed by atoms with Crippen LogP contribution in [0.4, 0.5) is 26.3 Å². The molecule has 2 amide bonds. The Hall–Kier alpha value is -2.26. The van der Waals surface area contributed by atoms with Crippen LogP contribution in [0.25, 0.3) is 0 Å². The molecule has 0 aromatic heterocycles. The number of hydrogen-bond acceptors (Lipinski definition) is 2. The van der Waals surface area contributed by atoms with E-state index in [9.17, 15) is 35.9 Å². The van der Waals surface area contributed by atoms with E-state index in [1.165, 1.54) is 6.92 Å². The van der Waals surface area contributed by atoms with E-state index in [2.05, 4.69) is 0 Å². The minimum atomic E-state index is -5.07. The highest BCUT2D eigenvalue weighted by Crippen LogP contribution is 2.36. The second-order valence-electron chi connectivity index (χ2n) is 4.79. The highest BCUT2D eigenvalue weighted by atomic mass is 19.4. The number of likely N-dealkylation sites (N-methyl/N-ethyl adjacent to an activating group) is 1. The van der Waals surface area contributed by atoms with E-state index in [1.807, 2.05) is 0 Å². The first-order valence-corrected chi connectivity index (χ1v) is 6.11. The van der Waals surface area contributed by atoms with Crippen LogP contribution in [0.3, 0.4) is 0 Å². The van der Waals surface area contributed by atoms with Crippen LogP contribution in [-0.4, -0.2) is 29.8 Å². The molecule has 0 heterocycles. The van der Waals surface area contributed by atoms with Gasteiger partial charge in [0.05, 0.1) is 11.1 Å². The number of carbonyl (C=O) groups is 2. The molecule has 0 aliphatic heterocycles. The van der Waals surface area contributed by atoms with Crippen LogP contribution >= 0.6 is 0 Å². The topological polar surface area (TPSA) is 63.4 Å². The van der Waals surface area contributed by atoms with E-state index in [-0.39, 0.29) is 6.07 Å². The third-order valence-corrected chi connectivity index (χ3v) is 3.15. The van der Waals surface area contributed by atoms with Crippen molar-refractivity contribution in [2.45, 2.75) is 25.3 Å². The summed E-state index contributed by atoms with van der Waals surface area (Å²) >= 11 is 0. The Labute approximate surface area is 126 Å². The Morgan fingerprint density at radius 1 is 1.00 bits per heavy atom. The van der Waals surface area contributed by atoms with Crippen molar-refractivity contribution >= 4 is 11.8 Å². The quantitative estimate of drug-likeness (QED) is 0.859. The van der Waals surface area contributed by atoms with Crippen LogP contribution in [0, 0.1) is 0 Å². The maximum absolute atomic E-state index is 12.7. The van der Waals surface area contributed by atoms with Gasteiger partial charge in [-0.15, -0.1) is 0 Å². The van der Waals surface area contributed by atoms with Crippen molar-refractivity contribution < 1.29 is 35.9 Å². The number of amides is 2. The third kappa shape index (κ3) is 4.36. The highest BCUT2D eigenvalue weighted by Gasteiger charge is 2.38. The van der Waals surface area contributed by atoms with Gasteiger partial charge in [0, 0.05) is 12.6 Å². The van der Waals surface area contributed by atoms with Crippen molar-refractivity contribution in [1.29, 1.82) is 0 Å². The zero-order valence-electron chi connectivity index (χ0n) is 11.9. The molecule has 0 aliphatic carbocycles. The number of primary amides is 1. The summed E-state index contributed by atoms with van der Waals surface area (Å²) in [6.07, 6.45) is -10.1. The lowest BCUT2D eigenvalue weighted by molar-refractivity contribution is -0.143. The molecule has 23 heavy (non-hydrogen) atoms. The lowest BCUT2D eigenvalue weighted by atomic mass is 10.0. The first kappa shape index (κ1) is 18.8. The molecule has 0 fully saturated rings. The molecule has 0 saturated carbocycles. The molecule has 4 nitrogen and oxygen atoms in total. The van der Waals surface area contributed by atoms with Crippen molar-refractivity contribution in [3.63, 3.8) is 0 Å². The maximum Gasteiger partial charge on any atom is 0.416 e. The van der Waals surface area contributed by atoms with Gasteiger partial charge in [-0.1, -0.05) is 0 Å². The molecule has 0 bridgehead atoms. The summed E-state index contributed by atoms with van der Waals surface area (Å²) in [5.74, 6) is -2.14. The number of rotatable bonds is 3. The fourth-order valence-electron chi connectivity index (χ4n) is 1.65. The van der Waals surface area contributed by atoms with Crippen LogP contribution in [0.15, 0.2) is 18.2 Å². The Bertz CT molecular complexity index is 592. The van der Waals surface area contributed by atoms with Gasteiger partial charge in [0.1, 0.15) is 6.04 Å². The Balaban J connectivity index is 3.41. The van der Waals surface area contributed by atoms with Crippen molar-refractivity contribution in [3.8, 4) is 0 Å². The van der Waals surface area contributed by atoms with Gasteiger partial charge < -0.3 is 10.6 Å². The summed E-state index contributed by atoms with van der Waals surface area (Å²) in [5.41, 5.74) is 0.884. The molecule has 0 saturated heterocycles. The van der Waals surface area contributed by atoms with Crippen molar-refractivity contribution in [2.75, 3.05) is 7.05 Å². The molecular formula is C13H12F6N2O2. The summed E-state index contributed by atoms with van der Waals surface area (Å²) in [6, 6.07) is -0.705. The van der Waals surface area contributed by atoms with Crippen molar-refractivity contribution in [2.24, 2.45) is 5.73 Å². The van der Waals surface area contributed by atoms with Crippen LogP contribution in [0.2, 0.25) is 0 Å². The molecule has 0 radical (unpaired) electrons. The lowest BCUT2D eigenvalue weighted by Crippen LogP contribution is -2.43. The largest absolute Gasteiger partial charge is 0.416 e. The Morgan fingerprint density at radius 3 is 1.70 bits per heavy atom. The summed E-state index contributed by atoms with van der Waals surface area (Å²) in [4.78, 5) is 23.7. The van der Waals surface area contributed by atoms with Crippen molar-refractivity contribution in [3.05, 3.63) is 34.9 Å². The molecule has 10 heteroatoms. The maximum atomic E-state index is 12.7. The van der Waals surface area contributed by atoms with Gasteiger partial charge in [0.25, 0.3) is 5.91 Å². The third-order valence-electron chi connectivity index (χ3n) is 3.15. The van der Waals surface area contributed by atoms with E-state index < -0.39 is 46.9 Å². The smallest absolute Gasteiger partial charge is 0.368 e. The van der Waals surface area contributed by atoms with Gasteiger partial charge in [0.15, 0.2) is 0 Å². The molecular weight excluding hydrogens is 330 g/mol. The Morgan fingerprint density at radius 2 is 1.39 bits per heavy atom. The minimum Gasteiger partial charge on any atom is -0.368 e. The SMILES string of the molecule is C[C@@H](C(N)=O)N(C)C(=O)c1cc(C(F)(F)F)cc(C(F)(F)F)c1. The molecule has 1 rings (SSSR count). The summed E-state index contributed by atoms with van der Waals surface area (Å²) in [6.45, 7) is 1.19. The molecule has 128 valence electrons. The number of nitrogens with two attached hydrogens (primary N) is 1. The summed E-state index contributed by atoms with van der Waals surface area (Å²) in [7, 11) is 1.05. The average molecular weight is 342 g/mol. The summed E-state index contributed by atoms with van der Waals surface area (Å²) < 4.78 is 76.3. The van der Waals surface area contributed by atoms with Gasteiger partial charge in [0.2, 0.25) is 5.91 Å². The molecule has 0 spiro atoms. The molecule has 0 aliphatic rings. The van der Waals surface area contributed by atoms with E-state index in [1.54, 1.807) is 0 Å². The van der Waals surface area contributed by atoms with Gasteiger partial charge >= 0.3 is 12.4 Å². The van der Waals surface area contributed by atoms with Crippen LogP contribution in [0.5, 0.6) is 0 Å². The van der Waals surface area contributed by atoms with E-state index in [0.717, 1.165) is 7.05 Å². The fraction of sp³-hybridized carbons (Fsp3) is 0.385. The Kier molecular flexibility index (Phi) is 4.97. The first-order chi connectivity index (χ1) is 10.2. The number of halogens is 6. The van der Waals surface area contributed by atoms with Gasteiger partial charge in [-0.3, -0.25) is 9.59 Å². The number of hydrogen-bond donors (Lipinski definition) is 1.